The first-order valence-corrected chi connectivity index (χ1v) is 5.53. The highest BCUT2D eigenvalue weighted by Gasteiger charge is 2.60. The lowest BCUT2D eigenvalue weighted by atomic mass is 9.81. The Morgan fingerprint density at radius 2 is 1.62 bits per heavy atom. The zero-order chi connectivity index (χ0) is 10.3. The molecule has 0 heterocycles. The van der Waals surface area contributed by atoms with E-state index in [1.54, 1.807) is 0 Å². The maximum absolute atomic E-state index is 6.07. The summed E-state index contributed by atoms with van der Waals surface area (Å²) < 4.78 is -2.61. The van der Waals surface area contributed by atoms with E-state index in [0.717, 1.165) is 6.42 Å². The van der Waals surface area contributed by atoms with Gasteiger partial charge in [0.15, 0.2) is 8.67 Å². The zero-order valence-electron chi connectivity index (χ0n) is 6.99. The lowest BCUT2D eigenvalue weighted by molar-refractivity contribution is 0.272. The summed E-state index contributed by atoms with van der Waals surface area (Å²) in [5, 5.41) is 0. The third-order valence-electron chi connectivity index (χ3n) is 2.56. The van der Waals surface area contributed by atoms with Gasteiger partial charge in [0.1, 0.15) is 0 Å². The number of alkyl halides is 4. The number of hydrogen-bond donors (Lipinski definition) is 2. The fourth-order valence-electron chi connectivity index (χ4n) is 1.53. The molecule has 78 valence electrons. The Labute approximate surface area is 97.8 Å². The molecule has 1 aliphatic rings. The van der Waals surface area contributed by atoms with Crippen LogP contribution in [0, 0.1) is 0 Å². The minimum Gasteiger partial charge on any atom is -0.329 e. The molecule has 1 saturated carbocycles. The summed E-state index contributed by atoms with van der Waals surface area (Å²) in [6.45, 7) is 0.168. The Hall–Kier alpha value is 1.08. The van der Waals surface area contributed by atoms with E-state index in [0.29, 0.717) is 12.8 Å². The van der Waals surface area contributed by atoms with Gasteiger partial charge in [-0.2, -0.15) is 0 Å². The highest BCUT2D eigenvalue weighted by molar-refractivity contribution is 6.63. The molecule has 4 N–H and O–H groups in total. The maximum atomic E-state index is 6.07. The van der Waals surface area contributed by atoms with Crippen molar-refractivity contribution in [3.05, 3.63) is 0 Å². The third-order valence-corrected chi connectivity index (χ3v) is 5.29. The molecule has 1 atom stereocenters. The van der Waals surface area contributed by atoms with Crippen LogP contribution in [0.5, 0.6) is 0 Å². The van der Waals surface area contributed by atoms with Crippen LogP contribution >= 0.6 is 46.4 Å². The number of hydrogen-bond acceptors (Lipinski definition) is 2. The van der Waals surface area contributed by atoms with E-state index in [9.17, 15) is 0 Å². The van der Waals surface area contributed by atoms with E-state index in [1.807, 2.05) is 0 Å². The molecule has 0 spiro atoms. The molecule has 1 rings (SSSR count). The second kappa shape index (κ2) is 3.58. The van der Waals surface area contributed by atoms with Crippen molar-refractivity contribution in [2.75, 3.05) is 6.54 Å². The van der Waals surface area contributed by atoms with E-state index < -0.39 is 14.2 Å². The largest absolute Gasteiger partial charge is 0.329 e. The molecule has 0 bridgehead atoms. The Kier molecular flexibility index (Phi) is 3.35. The van der Waals surface area contributed by atoms with Crippen LogP contribution in [0.3, 0.4) is 0 Å². The molecule has 0 aromatic heterocycles. The average molecular weight is 266 g/mol. The molecular weight excluding hydrogens is 254 g/mol. The smallest absolute Gasteiger partial charge is 0.169 e. The molecule has 0 amide bonds. The SMILES string of the molecule is NCC1(N)CCCC(Cl)(Cl)C1(Cl)Cl. The quantitative estimate of drug-likeness (QED) is 0.714. The van der Waals surface area contributed by atoms with Gasteiger partial charge >= 0.3 is 0 Å². The van der Waals surface area contributed by atoms with Gasteiger partial charge in [-0.3, -0.25) is 0 Å². The standard InChI is InChI=1S/C7H12Cl4N2/c8-6(9)3-1-2-5(13,4-12)7(6,10)11/h1-4,12-13H2. The van der Waals surface area contributed by atoms with Crippen molar-refractivity contribution in [1.82, 2.24) is 0 Å². The molecule has 1 unspecified atom stereocenters. The zero-order valence-corrected chi connectivity index (χ0v) is 10.0. The van der Waals surface area contributed by atoms with Crippen LogP contribution in [-0.4, -0.2) is 20.8 Å². The predicted octanol–water partition coefficient (Wildman–Crippen LogP) is 2.17. The summed E-state index contributed by atoms with van der Waals surface area (Å²) in [7, 11) is 0. The minimum atomic E-state index is -1.39. The summed E-state index contributed by atoms with van der Waals surface area (Å²) in [5.74, 6) is 0. The second-order valence-corrected chi connectivity index (χ2v) is 6.30. The molecule has 0 saturated heterocycles. The van der Waals surface area contributed by atoms with Crippen LogP contribution in [0.1, 0.15) is 19.3 Å². The van der Waals surface area contributed by atoms with Crippen molar-refractivity contribution in [2.45, 2.75) is 33.5 Å². The monoisotopic (exact) mass is 264 g/mol. The van der Waals surface area contributed by atoms with E-state index in [2.05, 4.69) is 0 Å². The predicted molar refractivity (Wildman–Crippen MR) is 58.7 cm³/mol. The number of halogens is 4. The molecule has 0 aromatic carbocycles. The van der Waals surface area contributed by atoms with Gasteiger partial charge in [0, 0.05) is 6.54 Å². The maximum Gasteiger partial charge on any atom is 0.169 e. The Morgan fingerprint density at radius 3 is 2.00 bits per heavy atom. The molecule has 1 aliphatic carbocycles. The van der Waals surface area contributed by atoms with Crippen LogP contribution in [0.4, 0.5) is 0 Å². The molecule has 13 heavy (non-hydrogen) atoms. The first-order valence-electron chi connectivity index (χ1n) is 4.01. The summed E-state index contributed by atoms with van der Waals surface area (Å²) in [4.78, 5) is 0. The van der Waals surface area contributed by atoms with Gasteiger partial charge in [0.2, 0.25) is 0 Å². The summed E-state index contributed by atoms with van der Waals surface area (Å²) in [6.07, 6.45) is 1.95. The third kappa shape index (κ3) is 1.77. The lowest BCUT2D eigenvalue weighted by Gasteiger charge is -2.49. The summed E-state index contributed by atoms with van der Waals surface area (Å²) in [5.41, 5.74) is 10.6. The molecule has 0 aromatic rings. The lowest BCUT2D eigenvalue weighted by Crippen LogP contribution is -2.67. The average Bonchev–Trinajstić information content (AvgIpc) is 2.01. The highest BCUT2D eigenvalue weighted by Crippen LogP contribution is 2.55. The van der Waals surface area contributed by atoms with Gasteiger partial charge in [-0.15, -0.1) is 0 Å². The van der Waals surface area contributed by atoms with Crippen molar-refractivity contribution in [1.29, 1.82) is 0 Å². The molecule has 0 radical (unpaired) electrons. The van der Waals surface area contributed by atoms with Gasteiger partial charge in [0.25, 0.3) is 0 Å². The van der Waals surface area contributed by atoms with Crippen molar-refractivity contribution in [2.24, 2.45) is 11.5 Å². The summed E-state index contributed by atoms with van der Waals surface area (Å²) in [6, 6.07) is 0. The molecular formula is C7H12Cl4N2. The van der Waals surface area contributed by atoms with Crippen molar-refractivity contribution < 1.29 is 0 Å². The fraction of sp³-hybridized carbons (Fsp3) is 1.00. The van der Waals surface area contributed by atoms with Crippen LogP contribution in [0.15, 0.2) is 0 Å². The topological polar surface area (TPSA) is 52.0 Å². The fourth-order valence-corrected chi connectivity index (χ4v) is 2.71. The second-order valence-electron chi connectivity index (χ2n) is 3.49. The Morgan fingerprint density at radius 1 is 1.08 bits per heavy atom. The van der Waals surface area contributed by atoms with E-state index in [-0.39, 0.29) is 6.54 Å². The van der Waals surface area contributed by atoms with Crippen LogP contribution < -0.4 is 11.5 Å². The van der Waals surface area contributed by atoms with Crippen molar-refractivity contribution in [3.63, 3.8) is 0 Å². The van der Waals surface area contributed by atoms with Gasteiger partial charge in [-0.25, -0.2) is 0 Å². The van der Waals surface area contributed by atoms with Crippen molar-refractivity contribution in [3.8, 4) is 0 Å². The van der Waals surface area contributed by atoms with Gasteiger partial charge in [0.05, 0.1) is 5.54 Å². The molecule has 1 fully saturated rings. The van der Waals surface area contributed by atoms with Crippen LogP contribution in [0.2, 0.25) is 0 Å². The molecule has 2 nitrogen and oxygen atoms in total. The minimum absolute atomic E-state index is 0.168. The number of nitrogens with two attached hydrogens (primary N) is 2. The van der Waals surface area contributed by atoms with Crippen molar-refractivity contribution >= 4 is 46.4 Å². The Bertz CT molecular complexity index is 207. The van der Waals surface area contributed by atoms with E-state index in [4.69, 9.17) is 57.9 Å². The first-order chi connectivity index (χ1) is 5.77. The highest BCUT2D eigenvalue weighted by atomic mass is 35.5. The first kappa shape index (κ1) is 12.2. The van der Waals surface area contributed by atoms with Crippen LogP contribution in [0.25, 0.3) is 0 Å². The molecule has 0 aliphatic heterocycles. The number of rotatable bonds is 1. The van der Waals surface area contributed by atoms with Gasteiger partial charge < -0.3 is 11.5 Å². The van der Waals surface area contributed by atoms with Gasteiger partial charge in [-0.05, 0) is 19.3 Å². The molecule has 6 heteroatoms. The normalized spacial score (nSPS) is 37.4. The van der Waals surface area contributed by atoms with Gasteiger partial charge in [-0.1, -0.05) is 46.4 Å². The van der Waals surface area contributed by atoms with E-state index >= 15 is 0 Å². The summed E-state index contributed by atoms with van der Waals surface area (Å²) >= 11 is 24.1. The van der Waals surface area contributed by atoms with Crippen LogP contribution in [-0.2, 0) is 0 Å². The Balaban J connectivity index is 3.01. The van der Waals surface area contributed by atoms with E-state index in [1.165, 1.54) is 0 Å².